The van der Waals surface area contributed by atoms with E-state index in [1.165, 1.54) is 0 Å². The molecule has 20 heavy (non-hydrogen) atoms. The van der Waals surface area contributed by atoms with Crippen LogP contribution < -0.4 is 15.2 Å². The first kappa shape index (κ1) is 14.3. The van der Waals surface area contributed by atoms with Crippen molar-refractivity contribution in [1.82, 2.24) is 10.1 Å². The molecule has 0 bridgehead atoms. The zero-order valence-electron chi connectivity index (χ0n) is 11.7. The minimum atomic E-state index is 0.186. The van der Waals surface area contributed by atoms with Crippen LogP contribution >= 0.6 is 0 Å². The SMILES string of the molecule is COCc1cc(OC)cc(OC)c1-c1noc(CN)n1. The quantitative estimate of drug-likeness (QED) is 0.853. The summed E-state index contributed by atoms with van der Waals surface area (Å²) < 4.78 is 20.9. The summed E-state index contributed by atoms with van der Waals surface area (Å²) in [4.78, 5) is 4.23. The van der Waals surface area contributed by atoms with Crippen LogP contribution in [0.25, 0.3) is 11.4 Å². The van der Waals surface area contributed by atoms with E-state index in [4.69, 9.17) is 24.5 Å². The topological polar surface area (TPSA) is 92.6 Å². The highest BCUT2D eigenvalue weighted by atomic mass is 16.5. The molecule has 0 aliphatic rings. The molecule has 0 aliphatic carbocycles. The highest BCUT2D eigenvalue weighted by Gasteiger charge is 2.19. The molecule has 1 heterocycles. The largest absolute Gasteiger partial charge is 0.497 e. The second kappa shape index (κ2) is 6.36. The minimum absolute atomic E-state index is 0.186. The molecule has 2 N–H and O–H groups in total. The molecule has 1 aromatic heterocycles. The van der Waals surface area contributed by atoms with Gasteiger partial charge in [-0.1, -0.05) is 5.16 Å². The number of aromatic nitrogens is 2. The standard InChI is InChI=1S/C13H17N3O4/c1-17-7-8-4-9(18-2)5-10(19-3)12(8)13-15-11(6-14)20-16-13/h4-5H,6-7,14H2,1-3H3. The Bertz CT molecular complexity index is 583. The van der Waals surface area contributed by atoms with Crippen LogP contribution in [0.1, 0.15) is 11.5 Å². The Kier molecular flexibility index (Phi) is 4.54. The first-order valence-corrected chi connectivity index (χ1v) is 6.00. The lowest BCUT2D eigenvalue weighted by molar-refractivity contribution is 0.184. The first-order valence-electron chi connectivity index (χ1n) is 6.00. The molecule has 0 fully saturated rings. The summed E-state index contributed by atoms with van der Waals surface area (Å²) in [5, 5.41) is 3.92. The van der Waals surface area contributed by atoms with E-state index in [9.17, 15) is 0 Å². The van der Waals surface area contributed by atoms with Gasteiger partial charge in [-0.2, -0.15) is 4.98 Å². The fraction of sp³-hybridized carbons (Fsp3) is 0.385. The monoisotopic (exact) mass is 279 g/mol. The van der Waals surface area contributed by atoms with E-state index in [-0.39, 0.29) is 6.54 Å². The lowest BCUT2D eigenvalue weighted by Crippen LogP contribution is -2.00. The van der Waals surface area contributed by atoms with Crippen LogP contribution in [-0.2, 0) is 17.9 Å². The number of nitrogens with two attached hydrogens (primary N) is 1. The predicted octanol–water partition coefficient (Wildman–Crippen LogP) is 1.36. The zero-order valence-corrected chi connectivity index (χ0v) is 11.7. The van der Waals surface area contributed by atoms with Gasteiger partial charge in [-0.3, -0.25) is 0 Å². The van der Waals surface area contributed by atoms with Crippen LogP contribution in [0.2, 0.25) is 0 Å². The number of hydrogen-bond donors (Lipinski definition) is 1. The first-order chi connectivity index (χ1) is 9.73. The van der Waals surface area contributed by atoms with E-state index < -0.39 is 0 Å². The van der Waals surface area contributed by atoms with E-state index in [0.717, 1.165) is 5.56 Å². The predicted molar refractivity (Wildman–Crippen MR) is 71.4 cm³/mol. The molecule has 0 aliphatic heterocycles. The molecule has 0 unspecified atom stereocenters. The highest BCUT2D eigenvalue weighted by Crippen LogP contribution is 2.36. The van der Waals surface area contributed by atoms with Gasteiger partial charge in [0.25, 0.3) is 0 Å². The van der Waals surface area contributed by atoms with E-state index in [1.807, 2.05) is 6.07 Å². The molecule has 108 valence electrons. The second-order valence-electron chi connectivity index (χ2n) is 4.01. The van der Waals surface area contributed by atoms with Gasteiger partial charge in [-0.15, -0.1) is 0 Å². The van der Waals surface area contributed by atoms with Gasteiger partial charge < -0.3 is 24.5 Å². The summed E-state index contributed by atoms with van der Waals surface area (Å²) in [6.07, 6.45) is 0. The third-order valence-electron chi connectivity index (χ3n) is 2.78. The van der Waals surface area contributed by atoms with Gasteiger partial charge in [-0.25, -0.2) is 0 Å². The highest BCUT2D eigenvalue weighted by molar-refractivity contribution is 5.70. The molecule has 1 aromatic carbocycles. The number of rotatable bonds is 6. The third-order valence-corrected chi connectivity index (χ3v) is 2.78. The van der Waals surface area contributed by atoms with E-state index >= 15 is 0 Å². The van der Waals surface area contributed by atoms with Crippen LogP contribution in [0.3, 0.4) is 0 Å². The van der Waals surface area contributed by atoms with Gasteiger partial charge in [0.1, 0.15) is 11.5 Å². The molecule has 0 amide bonds. The molecule has 7 nitrogen and oxygen atoms in total. The lowest BCUT2D eigenvalue weighted by atomic mass is 10.1. The summed E-state index contributed by atoms with van der Waals surface area (Å²) >= 11 is 0. The van der Waals surface area contributed by atoms with Gasteiger partial charge in [0.2, 0.25) is 11.7 Å². The van der Waals surface area contributed by atoms with E-state index in [0.29, 0.717) is 35.4 Å². The Morgan fingerprint density at radius 1 is 1.20 bits per heavy atom. The van der Waals surface area contributed by atoms with Crippen LogP contribution in [0.15, 0.2) is 16.7 Å². The molecular formula is C13H17N3O4. The van der Waals surface area contributed by atoms with Crippen molar-refractivity contribution in [3.63, 3.8) is 0 Å². The number of hydrogen-bond acceptors (Lipinski definition) is 7. The number of methoxy groups -OCH3 is 3. The van der Waals surface area contributed by atoms with Crippen LogP contribution in [0.5, 0.6) is 11.5 Å². The minimum Gasteiger partial charge on any atom is -0.497 e. The smallest absolute Gasteiger partial charge is 0.240 e. The molecule has 0 radical (unpaired) electrons. The number of ether oxygens (including phenoxy) is 3. The summed E-state index contributed by atoms with van der Waals surface area (Å²) in [6.45, 7) is 0.556. The van der Waals surface area contributed by atoms with Crippen molar-refractivity contribution < 1.29 is 18.7 Å². The Morgan fingerprint density at radius 3 is 2.55 bits per heavy atom. The normalized spacial score (nSPS) is 10.6. The van der Waals surface area contributed by atoms with Gasteiger partial charge >= 0.3 is 0 Å². The molecule has 0 saturated heterocycles. The summed E-state index contributed by atoms with van der Waals surface area (Å²) in [7, 11) is 4.77. The maximum atomic E-state index is 5.48. The average Bonchev–Trinajstić information content (AvgIpc) is 2.95. The molecule has 7 heteroatoms. The van der Waals surface area contributed by atoms with Crippen molar-refractivity contribution in [3.05, 3.63) is 23.6 Å². The maximum Gasteiger partial charge on any atom is 0.240 e. The van der Waals surface area contributed by atoms with Crippen molar-refractivity contribution in [2.45, 2.75) is 13.2 Å². The van der Waals surface area contributed by atoms with Crippen LogP contribution in [0.4, 0.5) is 0 Å². The van der Waals surface area contributed by atoms with Crippen LogP contribution in [0, 0.1) is 0 Å². The van der Waals surface area contributed by atoms with Crippen molar-refractivity contribution >= 4 is 0 Å². The van der Waals surface area contributed by atoms with Gasteiger partial charge in [0, 0.05) is 13.2 Å². The fourth-order valence-electron chi connectivity index (χ4n) is 1.89. The molecule has 0 atom stereocenters. The van der Waals surface area contributed by atoms with Crippen molar-refractivity contribution in [2.24, 2.45) is 5.73 Å². The second-order valence-corrected chi connectivity index (χ2v) is 4.01. The summed E-state index contributed by atoms with van der Waals surface area (Å²) in [5.74, 6) is 2.03. The Hall–Kier alpha value is -2.12. The van der Waals surface area contributed by atoms with Crippen molar-refractivity contribution in [2.75, 3.05) is 21.3 Å². The number of nitrogens with zero attached hydrogens (tertiary/aromatic N) is 2. The average molecular weight is 279 g/mol. The Balaban J connectivity index is 2.58. The van der Waals surface area contributed by atoms with Gasteiger partial charge in [-0.05, 0) is 11.6 Å². The molecule has 0 spiro atoms. The summed E-state index contributed by atoms with van der Waals surface area (Å²) in [5.41, 5.74) is 7.03. The van der Waals surface area contributed by atoms with Crippen LogP contribution in [-0.4, -0.2) is 31.5 Å². The maximum absolute atomic E-state index is 5.48. The van der Waals surface area contributed by atoms with Crippen molar-refractivity contribution in [3.8, 4) is 22.9 Å². The van der Waals surface area contributed by atoms with Gasteiger partial charge in [0.15, 0.2) is 0 Å². The summed E-state index contributed by atoms with van der Waals surface area (Å²) in [6, 6.07) is 3.60. The van der Waals surface area contributed by atoms with Gasteiger partial charge in [0.05, 0.1) is 32.9 Å². The Labute approximate surface area is 116 Å². The lowest BCUT2D eigenvalue weighted by Gasteiger charge is -2.13. The molecule has 0 saturated carbocycles. The fourth-order valence-corrected chi connectivity index (χ4v) is 1.89. The number of benzene rings is 1. The third kappa shape index (κ3) is 2.73. The van der Waals surface area contributed by atoms with Crippen molar-refractivity contribution in [1.29, 1.82) is 0 Å². The Morgan fingerprint density at radius 2 is 2.00 bits per heavy atom. The van der Waals surface area contributed by atoms with E-state index in [1.54, 1.807) is 27.4 Å². The van der Waals surface area contributed by atoms with E-state index in [2.05, 4.69) is 10.1 Å². The zero-order chi connectivity index (χ0) is 14.5. The molecule has 2 rings (SSSR count). The molecular weight excluding hydrogens is 262 g/mol. The molecule has 2 aromatic rings.